The molecule has 1 fully saturated rings. The summed E-state index contributed by atoms with van der Waals surface area (Å²) >= 11 is 0. The lowest BCUT2D eigenvalue weighted by atomic mass is 10.2. The molecule has 1 aliphatic heterocycles. The largest absolute Gasteiger partial charge is 0.335 e. The third-order valence-electron chi connectivity index (χ3n) is 4.43. The van der Waals surface area contributed by atoms with Gasteiger partial charge in [-0.15, -0.1) is 0 Å². The molecule has 1 saturated heterocycles. The maximum Gasteiger partial charge on any atom is 0.328 e. The van der Waals surface area contributed by atoms with Crippen molar-refractivity contribution in [1.29, 1.82) is 0 Å². The molecule has 3 aromatic rings. The average molecular weight is 327 g/mol. The van der Waals surface area contributed by atoms with Crippen LogP contribution in [-0.2, 0) is 6.54 Å². The molecule has 24 heavy (non-hydrogen) atoms. The van der Waals surface area contributed by atoms with E-state index >= 15 is 0 Å². The highest BCUT2D eigenvalue weighted by Crippen LogP contribution is 2.24. The van der Waals surface area contributed by atoms with Gasteiger partial charge in [-0.25, -0.2) is 14.8 Å². The van der Waals surface area contributed by atoms with Gasteiger partial charge in [0.05, 0.1) is 12.2 Å². The monoisotopic (exact) mass is 327 g/mol. The van der Waals surface area contributed by atoms with Crippen LogP contribution in [0.3, 0.4) is 0 Å². The van der Waals surface area contributed by atoms with Gasteiger partial charge >= 0.3 is 5.69 Å². The zero-order valence-electron chi connectivity index (χ0n) is 13.2. The van der Waals surface area contributed by atoms with Crippen molar-refractivity contribution >= 4 is 17.1 Å². The molecule has 1 aliphatic rings. The molecule has 3 aromatic heterocycles. The van der Waals surface area contributed by atoms with Gasteiger partial charge in [0.25, 0.3) is 5.91 Å². The summed E-state index contributed by atoms with van der Waals surface area (Å²) in [6.07, 6.45) is 5.34. The molecule has 1 atom stereocenters. The average Bonchev–Trinajstić information content (AvgIpc) is 3.30. The van der Waals surface area contributed by atoms with Gasteiger partial charge in [-0.2, -0.15) is 5.10 Å². The molecule has 4 heterocycles. The quantitative estimate of drug-likeness (QED) is 0.751. The van der Waals surface area contributed by atoms with Crippen LogP contribution in [0.25, 0.3) is 11.2 Å². The van der Waals surface area contributed by atoms with Gasteiger partial charge in [0.1, 0.15) is 17.5 Å². The Hall–Kier alpha value is -2.97. The molecule has 9 nitrogen and oxygen atoms in total. The van der Waals surface area contributed by atoms with Crippen LogP contribution in [0.4, 0.5) is 0 Å². The summed E-state index contributed by atoms with van der Waals surface area (Å²) in [6, 6.07) is 1.63. The Balaban J connectivity index is 1.61. The Morgan fingerprint density at radius 3 is 3.17 bits per heavy atom. The molecule has 124 valence electrons. The highest BCUT2D eigenvalue weighted by Gasteiger charge is 2.31. The standard InChI is InChI=1S/C15H17N7O2/c1-2-21-12(3-5-18-21)14(23)20-6-4-10(8-20)22-13-11(19-15(22)24)7-16-9-17-13/h3,5,7,9-10H,2,4,6,8H2,1H3,(H,19,24). The van der Waals surface area contributed by atoms with Gasteiger partial charge in [-0.1, -0.05) is 0 Å². The molecule has 0 aromatic carbocycles. The molecule has 0 saturated carbocycles. The summed E-state index contributed by atoms with van der Waals surface area (Å²) in [6.45, 7) is 3.67. The summed E-state index contributed by atoms with van der Waals surface area (Å²) in [7, 11) is 0. The van der Waals surface area contributed by atoms with Crippen LogP contribution in [0.15, 0.2) is 29.6 Å². The van der Waals surface area contributed by atoms with E-state index in [1.807, 2.05) is 6.92 Å². The van der Waals surface area contributed by atoms with E-state index in [4.69, 9.17) is 0 Å². The molecule has 0 spiro atoms. The second-order valence-electron chi connectivity index (χ2n) is 5.79. The topological polar surface area (TPSA) is 102 Å². The molecule has 0 aliphatic carbocycles. The first-order valence-corrected chi connectivity index (χ1v) is 7.90. The van der Waals surface area contributed by atoms with E-state index in [2.05, 4.69) is 20.1 Å². The highest BCUT2D eigenvalue weighted by molar-refractivity contribution is 5.92. The number of nitrogens with one attached hydrogen (secondary N) is 1. The lowest BCUT2D eigenvalue weighted by Gasteiger charge is -2.17. The fourth-order valence-corrected chi connectivity index (χ4v) is 3.28. The van der Waals surface area contributed by atoms with E-state index in [0.29, 0.717) is 42.9 Å². The number of imidazole rings is 1. The molecular weight excluding hydrogens is 310 g/mol. The van der Waals surface area contributed by atoms with Crippen LogP contribution in [-0.4, -0.2) is 53.2 Å². The molecule has 1 unspecified atom stereocenters. The third kappa shape index (κ3) is 2.20. The normalized spacial score (nSPS) is 17.7. The van der Waals surface area contributed by atoms with Crippen LogP contribution >= 0.6 is 0 Å². The molecule has 0 radical (unpaired) electrons. The van der Waals surface area contributed by atoms with Crippen molar-refractivity contribution in [3.05, 3.63) is 41.0 Å². The first-order valence-electron chi connectivity index (χ1n) is 7.90. The predicted octanol–water partition coefficient (Wildman–Crippen LogP) is 0.423. The number of amides is 1. The minimum absolute atomic E-state index is 0.0561. The first-order chi connectivity index (χ1) is 11.7. The van der Waals surface area contributed by atoms with Gasteiger partial charge in [0, 0.05) is 25.8 Å². The van der Waals surface area contributed by atoms with Gasteiger partial charge in [0.15, 0.2) is 5.65 Å². The van der Waals surface area contributed by atoms with E-state index in [0.717, 1.165) is 0 Å². The number of aromatic amines is 1. The number of carbonyl (C=O) groups is 1. The van der Waals surface area contributed by atoms with E-state index in [1.54, 1.807) is 32.6 Å². The Kier molecular flexibility index (Phi) is 3.40. The van der Waals surface area contributed by atoms with Crippen molar-refractivity contribution in [3.8, 4) is 0 Å². The fraction of sp³-hybridized carbons (Fsp3) is 0.400. The fourth-order valence-electron chi connectivity index (χ4n) is 3.28. The van der Waals surface area contributed by atoms with Gasteiger partial charge < -0.3 is 9.88 Å². The zero-order chi connectivity index (χ0) is 16.7. The molecular formula is C15H17N7O2. The van der Waals surface area contributed by atoms with Crippen LogP contribution in [0.2, 0.25) is 0 Å². The Morgan fingerprint density at radius 2 is 2.33 bits per heavy atom. The van der Waals surface area contributed by atoms with Gasteiger partial charge in [0.2, 0.25) is 0 Å². The lowest BCUT2D eigenvalue weighted by molar-refractivity contribution is 0.0775. The van der Waals surface area contributed by atoms with Crippen LogP contribution in [0.1, 0.15) is 29.9 Å². The van der Waals surface area contributed by atoms with E-state index < -0.39 is 0 Å². The predicted molar refractivity (Wildman–Crippen MR) is 85.6 cm³/mol. The number of aromatic nitrogens is 6. The Bertz CT molecular complexity index is 954. The van der Waals surface area contributed by atoms with Crippen molar-refractivity contribution in [3.63, 3.8) is 0 Å². The number of aryl methyl sites for hydroxylation is 1. The third-order valence-corrected chi connectivity index (χ3v) is 4.43. The number of carbonyl (C=O) groups excluding carboxylic acids is 1. The van der Waals surface area contributed by atoms with Crippen molar-refractivity contribution in [2.45, 2.75) is 25.9 Å². The molecule has 1 N–H and O–H groups in total. The highest BCUT2D eigenvalue weighted by atomic mass is 16.2. The summed E-state index contributed by atoms with van der Waals surface area (Å²) in [5, 5.41) is 4.14. The molecule has 9 heteroatoms. The number of hydrogen-bond donors (Lipinski definition) is 1. The van der Waals surface area contributed by atoms with Crippen molar-refractivity contribution in [2.24, 2.45) is 0 Å². The molecule has 1 amide bonds. The van der Waals surface area contributed by atoms with Crippen LogP contribution in [0.5, 0.6) is 0 Å². The molecule has 0 bridgehead atoms. The summed E-state index contributed by atoms with van der Waals surface area (Å²) in [5.74, 6) is -0.0561. The van der Waals surface area contributed by atoms with Crippen LogP contribution < -0.4 is 5.69 Å². The first kappa shape index (κ1) is 14.6. The van der Waals surface area contributed by atoms with Crippen molar-refractivity contribution in [1.82, 2.24) is 34.2 Å². The van der Waals surface area contributed by atoms with E-state index in [-0.39, 0.29) is 17.6 Å². The Labute approximate surface area is 136 Å². The summed E-state index contributed by atoms with van der Waals surface area (Å²) in [4.78, 5) is 37.6. The van der Waals surface area contributed by atoms with E-state index in [9.17, 15) is 9.59 Å². The zero-order valence-corrected chi connectivity index (χ0v) is 13.2. The minimum atomic E-state index is -0.219. The van der Waals surface area contributed by atoms with E-state index in [1.165, 1.54) is 6.33 Å². The summed E-state index contributed by atoms with van der Waals surface area (Å²) < 4.78 is 3.31. The number of fused-ring (bicyclic) bond motifs is 1. The maximum atomic E-state index is 12.7. The SMILES string of the molecule is CCn1nccc1C(=O)N1CCC(n2c(=O)[nH]c3cncnc32)C1. The van der Waals surface area contributed by atoms with Crippen LogP contribution in [0, 0.1) is 0 Å². The minimum Gasteiger partial charge on any atom is -0.335 e. The van der Waals surface area contributed by atoms with Crippen molar-refractivity contribution in [2.75, 3.05) is 13.1 Å². The second-order valence-corrected chi connectivity index (χ2v) is 5.79. The summed E-state index contributed by atoms with van der Waals surface area (Å²) in [5.41, 5.74) is 1.54. The van der Waals surface area contributed by atoms with Gasteiger partial charge in [-0.3, -0.25) is 14.0 Å². The lowest BCUT2D eigenvalue weighted by Crippen LogP contribution is -2.32. The maximum absolute atomic E-state index is 12.7. The Morgan fingerprint density at radius 1 is 1.46 bits per heavy atom. The number of H-pyrrole nitrogens is 1. The van der Waals surface area contributed by atoms with Crippen molar-refractivity contribution < 1.29 is 4.79 Å². The number of nitrogens with zero attached hydrogens (tertiary/aromatic N) is 6. The number of rotatable bonds is 3. The van der Waals surface area contributed by atoms with Gasteiger partial charge in [-0.05, 0) is 19.4 Å². The number of likely N-dealkylation sites (tertiary alicyclic amines) is 1. The smallest absolute Gasteiger partial charge is 0.328 e. The molecule has 4 rings (SSSR count). The second kappa shape index (κ2) is 5.59. The number of hydrogen-bond acceptors (Lipinski definition) is 5.